The number of aromatic nitrogens is 2. The van der Waals surface area contributed by atoms with Crippen LogP contribution in [-0.4, -0.2) is 22.0 Å². The molecule has 102 valence electrons. The first kappa shape index (κ1) is 15.3. The third-order valence-electron chi connectivity index (χ3n) is 2.68. The van der Waals surface area contributed by atoms with E-state index in [2.05, 4.69) is 10.2 Å². The first-order valence-electron chi connectivity index (χ1n) is 5.78. The summed E-state index contributed by atoms with van der Waals surface area (Å²) >= 11 is 0. The molecule has 5 nitrogen and oxygen atoms in total. The van der Waals surface area contributed by atoms with Gasteiger partial charge in [0.2, 0.25) is 11.7 Å². The van der Waals surface area contributed by atoms with Gasteiger partial charge in [-0.25, -0.2) is 0 Å². The molecule has 2 rings (SSSR count). The number of halogens is 1. The van der Waals surface area contributed by atoms with Gasteiger partial charge in [-0.2, -0.15) is 0 Å². The zero-order valence-electron chi connectivity index (χ0n) is 10.7. The maximum absolute atomic E-state index is 11.9. The molecule has 0 aliphatic rings. The first-order valence-corrected chi connectivity index (χ1v) is 5.78. The van der Waals surface area contributed by atoms with Gasteiger partial charge in [-0.3, -0.25) is 4.79 Å². The van der Waals surface area contributed by atoms with E-state index in [-0.39, 0.29) is 30.0 Å². The molecule has 1 unspecified atom stereocenters. The molecule has 1 aromatic carbocycles. The molecule has 2 aromatic rings. The second-order valence-corrected chi connectivity index (χ2v) is 4.41. The van der Waals surface area contributed by atoms with Gasteiger partial charge in [-0.15, -0.1) is 22.6 Å². The Balaban J connectivity index is 0.00000180. The minimum Gasteiger partial charge on any atom is -0.414 e. The molecule has 0 fully saturated rings. The topological polar surface area (TPSA) is 82.0 Å². The van der Waals surface area contributed by atoms with Crippen molar-refractivity contribution in [1.29, 1.82) is 0 Å². The third kappa shape index (κ3) is 3.39. The fourth-order valence-corrected chi connectivity index (χ4v) is 1.47. The maximum Gasteiger partial charge on any atom is 0.285 e. The predicted molar refractivity (Wildman–Crippen MR) is 74.1 cm³/mol. The van der Waals surface area contributed by atoms with Crippen LogP contribution < -0.4 is 5.73 Å². The number of carbonyl (C=O) groups is 1. The highest BCUT2D eigenvalue weighted by Gasteiger charge is 2.24. The highest BCUT2D eigenvalue weighted by atomic mass is 35.5. The van der Waals surface area contributed by atoms with Crippen LogP contribution in [0.4, 0.5) is 0 Å². The van der Waals surface area contributed by atoms with Gasteiger partial charge in [0.1, 0.15) is 0 Å². The molecule has 0 aliphatic carbocycles. The Bertz CT molecular complexity index is 540. The number of Topliss-reactive ketones (excluding diaryl/α,β-unsaturated/α-hetero) is 1. The molecule has 1 atom stereocenters. The molecule has 0 aliphatic heterocycles. The average molecular weight is 282 g/mol. The van der Waals surface area contributed by atoms with E-state index in [1.54, 1.807) is 0 Å². The van der Waals surface area contributed by atoms with Crippen LogP contribution in [0.15, 0.2) is 34.7 Å². The quantitative estimate of drug-likeness (QED) is 0.870. The summed E-state index contributed by atoms with van der Waals surface area (Å²) in [5.41, 5.74) is 6.54. The Labute approximate surface area is 117 Å². The van der Waals surface area contributed by atoms with Crippen LogP contribution in [0.5, 0.6) is 0 Å². The monoisotopic (exact) mass is 281 g/mol. The largest absolute Gasteiger partial charge is 0.414 e. The number of hydrogen-bond acceptors (Lipinski definition) is 5. The van der Waals surface area contributed by atoms with Crippen molar-refractivity contribution in [2.75, 3.05) is 0 Å². The van der Waals surface area contributed by atoms with E-state index in [0.717, 1.165) is 5.56 Å². The highest BCUT2D eigenvalue weighted by Crippen LogP contribution is 2.18. The van der Waals surface area contributed by atoms with Crippen LogP contribution >= 0.6 is 12.4 Å². The molecule has 0 radical (unpaired) electrons. The summed E-state index contributed by atoms with van der Waals surface area (Å²) in [5.74, 6) is 0.00853. The zero-order valence-corrected chi connectivity index (χ0v) is 11.6. The molecule has 19 heavy (non-hydrogen) atoms. The Hall–Kier alpha value is -1.72. The molecule has 2 N–H and O–H groups in total. The first-order chi connectivity index (χ1) is 8.59. The second kappa shape index (κ2) is 6.45. The highest BCUT2D eigenvalue weighted by molar-refractivity contribution is 5.96. The van der Waals surface area contributed by atoms with Gasteiger partial charge in [0.25, 0.3) is 5.89 Å². The van der Waals surface area contributed by atoms with E-state index in [9.17, 15) is 4.79 Å². The number of ketones is 1. The number of benzene rings is 1. The fraction of sp³-hybridized carbons (Fsp3) is 0.308. The van der Waals surface area contributed by atoms with E-state index < -0.39 is 6.04 Å². The lowest BCUT2D eigenvalue weighted by Crippen LogP contribution is -2.35. The molecule has 0 bridgehead atoms. The lowest BCUT2D eigenvalue weighted by molar-refractivity contribution is 0.0906. The van der Waals surface area contributed by atoms with Crippen molar-refractivity contribution in [2.24, 2.45) is 11.7 Å². The van der Waals surface area contributed by atoms with E-state index in [1.165, 1.54) is 0 Å². The molecule has 1 heterocycles. The van der Waals surface area contributed by atoms with Crippen molar-refractivity contribution in [1.82, 2.24) is 10.2 Å². The van der Waals surface area contributed by atoms with Crippen molar-refractivity contribution < 1.29 is 9.21 Å². The van der Waals surface area contributed by atoms with Crippen LogP contribution in [0.3, 0.4) is 0 Å². The summed E-state index contributed by atoms with van der Waals surface area (Å²) in [4.78, 5) is 11.9. The standard InChI is InChI=1S/C13H15N3O2.ClH/c1-8(2)10(14)11(17)13-16-15-12(18-13)9-6-4-3-5-7-9;/h3-8,10H,14H2,1-2H3;1H. The van der Waals surface area contributed by atoms with Crippen LogP contribution in [0.1, 0.15) is 24.5 Å². The van der Waals surface area contributed by atoms with Crippen LogP contribution in [0.2, 0.25) is 0 Å². The summed E-state index contributed by atoms with van der Waals surface area (Å²) in [7, 11) is 0. The summed E-state index contributed by atoms with van der Waals surface area (Å²) in [6.07, 6.45) is 0. The molecule has 0 spiro atoms. The van der Waals surface area contributed by atoms with E-state index in [4.69, 9.17) is 10.2 Å². The lowest BCUT2D eigenvalue weighted by atomic mass is 10.0. The van der Waals surface area contributed by atoms with Crippen molar-refractivity contribution in [3.63, 3.8) is 0 Å². The van der Waals surface area contributed by atoms with Gasteiger partial charge in [-0.05, 0) is 18.1 Å². The Morgan fingerprint density at radius 3 is 2.42 bits per heavy atom. The molecule has 0 saturated heterocycles. The minimum atomic E-state index is -0.617. The Kier molecular flexibility index (Phi) is 5.20. The summed E-state index contributed by atoms with van der Waals surface area (Å²) < 4.78 is 5.35. The number of carbonyl (C=O) groups excluding carboxylic acids is 1. The van der Waals surface area contributed by atoms with Gasteiger partial charge < -0.3 is 10.2 Å². The number of hydrogen-bond donors (Lipinski definition) is 1. The summed E-state index contributed by atoms with van der Waals surface area (Å²) in [6, 6.07) is 8.67. The van der Waals surface area contributed by atoms with Gasteiger partial charge >= 0.3 is 0 Å². The van der Waals surface area contributed by atoms with Crippen molar-refractivity contribution >= 4 is 18.2 Å². The maximum atomic E-state index is 11.9. The summed E-state index contributed by atoms with van der Waals surface area (Å²) in [6.45, 7) is 3.74. The molecular weight excluding hydrogens is 266 g/mol. The smallest absolute Gasteiger partial charge is 0.285 e. The number of nitrogens with zero attached hydrogens (tertiary/aromatic N) is 2. The van der Waals surface area contributed by atoms with Gasteiger partial charge in [-0.1, -0.05) is 32.0 Å². The zero-order chi connectivity index (χ0) is 13.1. The van der Waals surface area contributed by atoms with Crippen molar-refractivity contribution in [2.45, 2.75) is 19.9 Å². The van der Waals surface area contributed by atoms with Gasteiger partial charge in [0.05, 0.1) is 6.04 Å². The van der Waals surface area contributed by atoms with Crippen LogP contribution in [0.25, 0.3) is 11.5 Å². The number of rotatable bonds is 4. The average Bonchev–Trinajstić information content (AvgIpc) is 2.87. The number of nitrogens with two attached hydrogens (primary N) is 1. The molecular formula is C13H16ClN3O2. The SMILES string of the molecule is CC(C)C(N)C(=O)c1nnc(-c2ccccc2)o1.Cl. The second-order valence-electron chi connectivity index (χ2n) is 4.41. The molecule has 0 amide bonds. The van der Waals surface area contributed by atoms with Crippen LogP contribution in [-0.2, 0) is 0 Å². The third-order valence-corrected chi connectivity index (χ3v) is 2.68. The van der Waals surface area contributed by atoms with E-state index >= 15 is 0 Å². The molecule has 6 heteroatoms. The fourth-order valence-electron chi connectivity index (χ4n) is 1.47. The Morgan fingerprint density at radius 1 is 1.21 bits per heavy atom. The summed E-state index contributed by atoms with van der Waals surface area (Å²) in [5, 5.41) is 7.61. The molecule has 1 aromatic heterocycles. The normalized spacial score (nSPS) is 12.0. The van der Waals surface area contributed by atoms with E-state index in [1.807, 2.05) is 44.2 Å². The predicted octanol–water partition coefficient (Wildman–Crippen LogP) is 2.32. The van der Waals surface area contributed by atoms with Crippen molar-refractivity contribution in [3.8, 4) is 11.5 Å². The Morgan fingerprint density at radius 2 is 1.84 bits per heavy atom. The van der Waals surface area contributed by atoms with Crippen molar-refractivity contribution in [3.05, 3.63) is 36.2 Å². The van der Waals surface area contributed by atoms with Gasteiger partial charge in [0, 0.05) is 5.56 Å². The van der Waals surface area contributed by atoms with E-state index in [0.29, 0.717) is 5.89 Å². The van der Waals surface area contributed by atoms with Crippen LogP contribution in [0, 0.1) is 5.92 Å². The molecule has 0 saturated carbocycles. The lowest BCUT2D eigenvalue weighted by Gasteiger charge is -2.10. The minimum absolute atomic E-state index is 0. The van der Waals surface area contributed by atoms with Gasteiger partial charge in [0.15, 0.2) is 0 Å².